The van der Waals surface area contributed by atoms with E-state index in [0.29, 0.717) is 32.5 Å². The molecule has 0 aliphatic carbocycles. The summed E-state index contributed by atoms with van der Waals surface area (Å²) in [5.74, 6) is 1.63. The number of ether oxygens (including phenoxy) is 3. The molecule has 0 aliphatic rings. The van der Waals surface area contributed by atoms with E-state index in [4.69, 9.17) is 15.9 Å². The molecule has 0 rings (SSSR count). The lowest BCUT2D eigenvalue weighted by atomic mass is 10.1. The van der Waals surface area contributed by atoms with Gasteiger partial charge in [-0.05, 0) is 12.8 Å². The average Bonchev–Trinajstić information content (AvgIpc) is 2.42. The van der Waals surface area contributed by atoms with Gasteiger partial charge in [0.15, 0.2) is 0 Å². The Morgan fingerprint density at radius 2 is 2.05 bits per heavy atom. The van der Waals surface area contributed by atoms with Crippen LogP contribution in [0.3, 0.4) is 0 Å². The van der Waals surface area contributed by atoms with E-state index in [2.05, 4.69) is 16.0 Å². The maximum Gasteiger partial charge on any atom is 0.328 e. The molecule has 0 radical (unpaired) electrons. The van der Waals surface area contributed by atoms with Crippen molar-refractivity contribution in [1.82, 2.24) is 5.32 Å². The van der Waals surface area contributed by atoms with Gasteiger partial charge in [-0.2, -0.15) is 0 Å². The van der Waals surface area contributed by atoms with Gasteiger partial charge in [0.1, 0.15) is 12.6 Å². The van der Waals surface area contributed by atoms with Gasteiger partial charge in [-0.3, -0.25) is 4.79 Å². The number of unbranched alkanes of at least 4 members (excludes halogenated alkanes) is 1. The highest BCUT2D eigenvalue weighted by Crippen LogP contribution is 2.02. The summed E-state index contributed by atoms with van der Waals surface area (Å²) in [6.07, 6.45) is 6.77. The molecule has 1 atom stereocenters. The second-order valence-corrected chi connectivity index (χ2v) is 3.78. The van der Waals surface area contributed by atoms with Crippen LogP contribution in [-0.4, -0.2) is 52.0 Å². The number of terminal acetylenes is 1. The van der Waals surface area contributed by atoms with Crippen LogP contribution in [0.25, 0.3) is 0 Å². The number of rotatable bonds is 10. The third-order valence-electron chi connectivity index (χ3n) is 2.30. The first-order valence-corrected chi connectivity index (χ1v) is 6.03. The van der Waals surface area contributed by atoms with Gasteiger partial charge in [-0.1, -0.05) is 0 Å². The van der Waals surface area contributed by atoms with Crippen LogP contribution in [0.1, 0.15) is 19.3 Å². The second-order valence-electron chi connectivity index (χ2n) is 3.78. The number of nitrogens with one attached hydrogen (secondary N) is 1. The molecule has 1 N–H and O–H groups in total. The van der Waals surface area contributed by atoms with Crippen molar-refractivity contribution in [1.29, 1.82) is 0 Å². The minimum atomic E-state index is -0.683. The van der Waals surface area contributed by atoms with Crippen LogP contribution >= 0.6 is 0 Å². The molecule has 19 heavy (non-hydrogen) atoms. The van der Waals surface area contributed by atoms with Gasteiger partial charge in [-0.25, -0.2) is 4.79 Å². The van der Waals surface area contributed by atoms with E-state index in [-0.39, 0.29) is 12.5 Å². The van der Waals surface area contributed by atoms with Crippen LogP contribution < -0.4 is 5.32 Å². The standard InChI is InChI=1S/C13H21NO5/c1-4-5-6-7-11(13(16)18-3)14-12(15)10-19-9-8-17-2/h1,11H,5-10H2,2-3H3,(H,14,15)/t11-/m0/s1. The predicted octanol–water partition coefficient (Wildman–Crippen LogP) is 0.111. The predicted molar refractivity (Wildman–Crippen MR) is 69.3 cm³/mol. The molecular formula is C13H21NO5. The van der Waals surface area contributed by atoms with Crippen LogP contribution in [-0.2, 0) is 23.8 Å². The number of methoxy groups -OCH3 is 2. The third kappa shape index (κ3) is 9.05. The van der Waals surface area contributed by atoms with Crippen molar-refractivity contribution < 1.29 is 23.8 Å². The Bertz CT molecular complexity index is 311. The summed E-state index contributed by atoms with van der Waals surface area (Å²) in [5, 5.41) is 2.56. The molecule has 0 saturated heterocycles. The van der Waals surface area contributed by atoms with E-state index in [1.807, 2.05) is 0 Å². The fourth-order valence-electron chi connectivity index (χ4n) is 1.34. The first kappa shape index (κ1) is 17.4. The summed E-state index contributed by atoms with van der Waals surface area (Å²) < 4.78 is 14.5. The molecule has 6 heteroatoms. The summed E-state index contributed by atoms with van der Waals surface area (Å²) in [5.41, 5.74) is 0. The number of amides is 1. The van der Waals surface area contributed by atoms with E-state index in [0.717, 1.165) is 0 Å². The van der Waals surface area contributed by atoms with Crippen molar-refractivity contribution in [3.05, 3.63) is 0 Å². The molecule has 0 spiro atoms. The Hall–Kier alpha value is -1.58. The summed E-state index contributed by atoms with van der Waals surface area (Å²) in [6.45, 7) is 0.617. The molecule has 0 heterocycles. The zero-order valence-corrected chi connectivity index (χ0v) is 11.4. The summed E-state index contributed by atoms with van der Waals surface area (Å²) >= 11 is 0. The van der Waals surface area contributed by atoms with E-state index in [9.17, 15) is 9.59 Å². The van der Waals surface area contributed by atoms with Crippen LogP contribution in [0.5, 0.6) is 0 Å². The largest absolute Gasteiger partial charge is 0.467 e. The van der Waals surface area contributed by atoms with Crippen LogP contribution in [0.15, 0.2) is 0 Å². The SMILES string of the molecule is C#CCCC[C@H](NC(=O)COCCOC)C(=O)OC. The molecule has 0 aromatic heterocycles. The van der Waals surface area contributed by atoms with Crippen molar-refractivity contribution in [2.75, 3.05) is 34.0 Å². The fourth-order valence-corrected chi connectivity index (χ4v) is 1.34. The van der Waals surface area contributed by atoms with Crippen molar-refractivity contribution in [3.63, 3.8) is 0 Å². The summed E-state index contributed by atoms with van der Waals surface area (Å²) in [6, 6.07) is -0.683. The lowest BCUT2D eigenvalue weighted by Gasteiger charge is -2.16. The number of esters is 1. The van der Waals surface area contributed by atoms with Gasteiger partial charge in [0.25, 0.3) is 0 Å². The summed E-state index contributed by atoms with van der Waals surface area (Å²) in [7, 11) is 2.82. The Morgan fingerprint density at radius 1 is 1.32 bits per heavy atom. The number of carbonyl (C=O) groups is 2. The smallest absolute Gasteiger partial charge is 0.328 e. The van der Waals surface area contributed by atoms with Gasteiger partial charge >= 0.3 is 5.97 Å². The second kappa shape index (κ2) is 11.5. The molecule has 0 fully saturated rings. The molecule has 0 bridgehead atoms. The van der Waals surface area contributed by atoms with E-state index >= 15 is 0 Å². The highest BCUT2D eigenvalue weighted by molar-refractivity contribution is 5.84. The Morgan fingerprint density at radius 3 is 2.63 bits per heavy atom. The first-order chi connectivity index (χ1) is 9.15. The van der Waals surface area contributed by atoms with Crippen LogP contribution in [0, 0.1) is 12.3 Å². The Labute approximate surface area is 113 Å². The normalized spacial score (nSPS) is 11.4. The highest BCUT2D eigenvalue weighted by Gasteiger charge is 2.20. The van der Waals surface area contributed by atoms with Crippen LogP contribution in [0.2, 0.25) is 0 Å². The topological polar surface area (TPSA) is 73.9 Å². The third-order valence-corrected chi connectivity index (χ3v) is 2.30. The van der Waals surface area contributed by atoms with E-state index in [1.54, 1.807) is 7.11 Å². The first-order valence-electron chi connectivity index (χ1n) is 6.03. The van der Waals surface area contributed by atoms with Crippen LogP contribution in [0.4, 0.5) is 0 Å². The van der Waals surface area contributed by atoms with Crippen molar-refractivity contribution in [2.24, 2.45) is 0 Å². The molecular weight excluding hydrogens is 250 g/mol. The highest BCUT2D eigenvalue weighted by atomic mass is 16.5. The molecule has 1 amide bonds. The maximum atomic E-state index is 11.5. The zero-order valence-electron chi connectivity index (χ0n) is 11.4. The molecule has 0 aromatic carbocycles. The Balaban J connectivity index is 4.05. The van der Waals surface area contributed by atoms with Gasteiger partial charge in [0.2, 0.25) is 5.91 Å². The average molecular weight is 271 g/mol. The number of carbonyl (C=O) groups excluding carboxylic acids is 2. The van der Waals surface area contributed by atoms with Crippen molar-refractivity contribution in [2.45, 2.75) is 25.3 Å². The molecule has 0 aromatic rings. The zero-order chi connectivity index (χ0) is 14.5. The van der Waals surface area contributed by atoms with Gasteiger partial charge in [0, 0.05) is 13.5 Å². The summed E-state index contributed by atoms with van der Waals surface area (Å²) in [4.78, 5) is 23.0. The monoisotopic (exact) mass is 271 g/mol. The van der Waals surface area contributed by atoms with E-state index < -0.39 is 12.0 Å². The van der Waals surface area contributed by atoms with Crippen molar-refractivity contribution in [3.8, 4) is 12.3 Å². The minimum absolute atomic E-state index is 0.119. The molecule has 108 valence electrons. The maximum absolute atomic E-state index is 11.5. The fraction of sp³-hybridized carbons (Fsp3) is 0.692. The minimum Gasteiger partial charge on any atom is -0.467 e. The quantitative estimate of drug-likeness (QED) is 0.347. The van der Waals surface area contributed by atoms with Gasteiger partial charge in [-0.15, -0.1) is 12.3 Å². The number of hydrogen-bond acceptors (Lipinski definition) is 5. The molecule has 6 nitrogen and oxygen atoms in total. The lowest BCUT2D eigenvalue weighted by molar-refractivity contribution is -0.145. The molecule has 0 aliphatic heterocycles. The Kier molecular flexibility index (Phi) is 10.6. The molecule has 0 unspecified atom stereocenters. The lowest BCUT2D eigenvalue weighted by Crippen LogP contribution is -2.43. The van der Waals surface area contributed by atoms with Gasteiger partial charge < -0.3 is 19.5 Å². The van der Waals surface area contributed by atoms with Crippen molar-refractivity contribution >= 4 is 11.9 Å². The molecule has 0 saturated carbocycles. The van der Waals surface area contributed by atoms with Gasteiger partial charge in [0.05, 0.1) is 20.3 Å². The van der Waals surface area contributed by atoms with E-state index in [1.165, 1.54) is 7.11 Å². The number of hydrogen-bond donors (Lipinski definition) is 1.